The molecule has 0 aromatic rings. The van der Waals surface area contributed by atoms with Gasteiger partial charge in [0.1, 0.15) is 0 Å². The molecule has 4 nitrogen and oxygen atoms in total. The number of carboxylic acid groups (broad SMARTS) is 1. The average molecular weight is 110 g/mol. The predicted octanol–water partition coefficient (Wildman–Crippen LogP) is -4.10. The standard InChI is InChI=1S/C3H4O4.Li/c1-2(4)7-3(5)6;/h1H3,(H,5,6);/q;+1/p-1. The summed E-state index contributed by atoms with van der Waals surface area (Å²) in [7, 11) is 0. The van der Waals surface area contributed by atoms with E-state index in [1.165, 1.54) is 0 Å². The van der Waals surface area contributed by atoms with Gasteiger partial charge in [-0.2, -0.15) is 0 Å². The van der Waals surface area contributed by atoms with Crippen molar-refractivity contribution in [2.75, 3.05) is 0 Å². The first-order chi connectivity index (χ1) is 3.13. The Labute approximate surface area is 58.0 Å². The number of hydrogen-bond donors (Lipinski definition) is 0. The molecule has 0 saturated carbocycles. The summed E-state index contributed by atoms with van der Waals surface area (Å²) in [4.78, 5) is 18.9. The van der Waals surface area contributed by atoms with Crippen molar-refractivity contribution < 1.29 is 38.3 Å². The summed E-state index contributed by atoms with van der Waals surface area (Å²) in [6.07, 6.45) is -1.81. The van der Waals surface area contributed by atoms with E-state index in [1.54, 1.807) is 0 Å². The van der Waals surface area contributed by atoms with Gasteiger partial charge >= 0.3 is 18.9 Å². The average Bonchev–Trinajstić information content (AvgIpc) is 1.27. The normalized spacial score (nSPS) is 6.62. The van der Waals surface area contributed by atoms with Crippen LogP contribution < -0.4 is 24.0 Å². The van der Waals surface area contributed by atoms with Gasteiger partial charge in [-0.05, 0) is 0 Å². The van der Waals surface area contributed by atoms with E-state index in [-0.39, 0.29) is 18.9 Å². The zero-order chi connectivity index (χ0) is 5.86. The third-order valence-corrected chi connectivity index (χ3v) is 0.227. The Morgan fingerprint density at radius 2 is 1.88 bits per heavy atom. The zero-order valence-electron chi connectivity index (χ0n) is 4.63. The summed E-state index contributed by atoms with van der Waals surface area (Å²) in [5.41, 5.74) is 0. The molecule has 0 fully saturated rings. The first-order valence-electron chi connectivity index (χ1n) is 1.52. The van der Waals surface area contributed by atoms with Gasteiger partial charge in [0.15, 0.2) is 0 Å². The van der Waals surface area contributed by atoms with Crippen molar-refractivity contribution in [1.82, 2.24) is 0 Å². The minimum Gasteiger partial charge on any atom is -0.484 e. The van der Waals surface area contributed by atoms with E-state index in [4.69, 9.17) is 0 Å². The van der Waals surface area contributed by atoms with E-state index < -0.39 is 12.1 Å². The fourth-order valence-electron chi connectivity index (χ4n) is 0.117. The topological polar surface area (TPSA) is 66.4 Å². The molecule has 0 aliphatic carbocycles. The monoisotopic (exact) mass is 110 g/mol. The molecular formula is C3H3LiO4. The molecule has 0 aromatic carbocycles. The molecule has 0 N–H and O–H groups in total. The zero-order valence-corrected chi connectivity index (χ0v) is 4.63. The van der Waals surface area contributed by atoms with E-state index in [9.17, 15) is 14.7 Å². The van der Waals surface area contributed by atoms with E-state index in [0.29, 0.717) is 0 Å². The molecule has 0 saturated heterocycles. The third-order valence-electron chi connectivity index (χ3n) is 0.227. The van der Waals surface area contributed by atoms with Gasteiger partial charge in [-0.3, -0.25) is 4.79 Å². The van der Waals surface area contributed by atoms with Crippen molar-refractivity contribution in [2.45, 2.75) is 6.92 Å². The molecule has 40 valence electrons. The third kappa shape index (κ3) is 9.11. The van der Waals surface area contributed by atoms with Crippen LogP contribution in [0.3, 0.4) is 0 Å². The fraction of sp³-hybridized carbons (Fsp3) is 0.333. The second-order valence-electron chi connectivity index (χ2n) is 0.844. The van der Waals surface area contributed by atoms with Crippen molar-refractivity contribution in [3.8, 4) is 0 Å². The molecule has 0 atom stereocenters. The second-order valence-corrected chi connectivity index (χ2v) is 0.844. The molecule has 0 aliphatic rings. The first-order valence-corrected chi connectivity index (χ1v) is 1.52. The summed E-state index contributed by atoms with van der Waals surface area (Å²) >= 11 is 0. The molecule has 0 spiro atoms. The Morgan fingerprint density at radius 1 is 1.50 bits per heavy atom. The molecular weight excluding hydrogens is 107 g/mol. The summed E-state index contributed by atoms with van der Waals surface area (Å²) in [5, 5.41) is 9.26. The Balaban J connectivity index is 0. The SMILES string of the molecule is CC(=O)OC(=O)[O-].[Li+]. The van der Waals surface area contributed by atoms with Crippen LogP contribution in [0.25, 0.3) is 0 Å². The Bertz CT molecular complexity index is 87.5. The smallest absolute Gasteiger partial charge is 0.484 e. The summed E-state index contributed by atoms with van der Waals surface area (Å²) in [6, 6.07) is 0. The Morgan fingerprint density at radius 3 is 1.88 bits per heavy atom. The fourth-order valence-corrected chi connectivity index (χ4v) is 0.117. The van der Waals surface area contributed by atoms with Crippen LogP contribution in [0.15, 0.2) is 0 Å². The molecule has 0 unspecified atom stereocenters. The molecule has 0 heterocycles. The summed E-state index contributed by atoms with van der Waals surface area (Å²) in [6.45, 7) is 0.982. The molecule has 0 radical (unpaired) electrons. The van der Waals surface area contributed by atoms with E-state index >= 15 is 0 Å². The van der Waals surface area contributed by atoms with Gasteiger partial charge in [0.05, 0.1) is 0 Å². The number of hydrogen-bond acceptors (Lipinski definition) is 4. The maximum atomic E-state index is 9.61. The van der Waals surface area contributed by atoms with Crippen LogP contribution >= 0.6 is 0 Å². The summed E-state index contributed by atoms with van der Waals surface area (Å²) in [5.74, 6) is -0.875. The van der Waals surface area contributed by atoms with Gasteiger partial charge in [-0.15, -0.1) is 0 Å². The van der Waals surface area contributed by atoms with Gasteiger partial charge < -0.3 is 14.6 Å². The first kappa shape index (κ1) is 10.5. The van der Waals surface area contributed by atoms with Crippen LogP contribution in [-0.4, -0.2) is 12.1 Å². The van der Waals surface area contributed by atoms with Crippen LogP contribution in [0.5, 0.6) is 0 Å². The van der Waals surface area contributed by atoms with Crippen molar-refractivity contribution >= 4 is 12.1 Å². The number of rotatable bonds is 0. The predicted molar refractivity (Wildman–Crippen MR) is 17.2 cm³/mol. The quantitative estimate of drug-likeness (QED) is 0.180. The van der Waals surface area contributed by atoms with Crippen molar-refractivity contribution in [1.29, 1.82) is 0 Å². The van der Waals surface area contributed by atoms with Crippen LogP contribution in [-0.2, 0) is 9.53 Å². The van der Waals surface area contributed by atoms with Crippen molar-refractivity contribution in [2.24, 2.45) is 0 Å². The molecule has 5 heteroatoms. The van der Waals surface area contributed by atoms with Crippen LogP contribution in [0.1, 0.15) is 6.92 Å². The number of ether oxygens (including phenoxy) is 1. The number of carbonyl (C=O) groups excluding carboxylic acids is 2. The maximum Gasteiger partial charge on any atom is 1.00 e. The Kier molecular flexibility index (Phi) is 6.16. The molecule has 0 aromatic heterocycles. The van der Waals surface area contributed by atoms with Gasteiger partial charge in [0, 0.05) is 6.92 Å². The van der Waals surface area contributed by atoms with Crippen LogP contribution in [0.2, 0.25) is 0 Å². The van der Waals surface area contributed by atoms with Gasteiger partial charge in [-0.1, -0.05) is 0 Å². The maximum absolute atomic E-state index is 9.61. The van der Waals surface area contributed by atoms with E-state index in [2.05, 4.69) is 4.74 Å². The molecule has 0 aliphatic heterocycles. The molecule has 0 rings (SSSR count). The van der Waals surface area contributed by atoms with Gasteiger partial charge in [0.25, 0.3) is 6.16 Å². The minimum atomic E-state index is -1.81. The Hall–Kier alpha value is -0.463. The van der Waals surface area contributed by atoms with E-state index in [1.807, 2.05) is 0 Å². The summed E-state index contributed by atoms with van der Waals surface area (Å²) < 4.78 is 3.42. The number of esters is 1. The molecule has 8 heavy (non-hydrogen) atoms. The van der Waals surface area contributed by atoms with E-state index in [0.717, 1.165) is 6.92 Å². The van der Waals surface area contributed by atoms with Gasteiger partial charge in [-0.25, -0.2) is 0 Å². The number of carbonyl (C=O) groups is 2. The minimum absolute atomic E-state index is 0. The van der Waals surface area contributed by atoms with Crippen LogP contribution in [0, 0.1) is 0 Å². The van der Waals surface area contributed by atoms with Crippen LogP contribution in [0.4, 0.5) is 4.79 Å². The molecule has 0 amide bonds. The van der Waals surface area contributed by atoms with Crippen molar-refractivity contribution in [3.63, 3.8) is 0 Å². The largest absolute Gasteiger partial charge is 1.00 e. The second kappa shape index (κ2) is 4.69. The van der Waals surface area contributed by atoms with Gasteiger partial charge in [0.2, 0.25) is 5.97 Å². The van der Waals surface area contributed by atoms with Crippen molar-refractivity contribution in [3.05, 3.63) is 0 Å². The molecule has 0 bridgehead atoms.